The molecule has 0 bridgehead atoms. The number of nitrogens with zero attached hydrogens (tertiary/aromatic N) is 1. The summed E-state index contributed by atoms with van der Waals surface area (Å²) in [7, 11) is 2.33. The van der Waals surface area contributed by atoms with Crippen molar-refractivity contribution in [1.82, 2.24) is 4.90 Å². The first kappa shape index (κ1) is 15.0. The third-order valence-corrected chi connectivity index (χ3v) is 6.01. The van der Waals surface area contributed by atoms with Crippen molar-refractivity contribution < 1.29 is 0 Å². The van der Waals surface area contributed by atoms with Gasteiger partial charge in [-0.1, -0.05) is 42.5 Å². The highest BCUT2D eigenvalue weighted by molar-refractivity contribution is 5.43. The maximum atomic E-state index is 2.63. The van der Waals surface area contributed by atoms with Crippen LogP contribution in [0.4, 0.5) is 0 Å². The van der Waals surface area contributed by atoms with E-state index in [1.54, 1.807) is 11.1 Å². The van der Waals surface area contributed by atoms with Crippen LogP contribution in [0.25, 0.3) is 0 Å². The van der Waals surface area contributed by atoms with Crippen molar-refractivity contribution in [2.75, 3.05) is 7.05 Å². The van der Waals surface area contributed by atoms with Gasteiger partial charge in [-0.15, -0.1) is 0 Å². The highest BCUT2D eigenvalue weighted by Crippen LogP contribution is 2.45. The number of benzene rings is 2. The largest absolute Gasteiger partial charge is 0.296 e. The Morgan fingerprint density at radius 2 is 1.57 bits per heavy atom. The maximum absolute atomic E-state index is 2.63. The van der Waals surface area contributed by atoms with Gasteiger partial charge in [0.25, 0.3) is 0 Å². The monoisotopic (exact) mass is 305 g/mol. The molecule has 0 heterocycles. The predicted octanol–water partition coefficient (Wildman–Crippen LogP) is 5.36. The lowest BCUT2D eigenvalue weighted by atomic mass is 9.76. The van der Waals surface area contributed by atoms with Gasteiger partial charge in [-0.2, -0.15) is 0 Å². The minimum absolute atomic E-state index is 0.564. The molecular formula is C22H27N. The molecule has 0 amide bonds. The molecule has 0 N–H and O–H groups in total. The molecule has 2 aliphatic rings. The Bertz CT molecular complexity index is 714. The van der Waals surface area contributed by atoms with E-state index in [1.807, 2.05) is 0 Å². The van der Waals surface area contributed by atoms with Crippen LogP contribution in [0.2, 0.25) is 0 Å². The number of rotatable bonds is 3. The van der Waals surface area contributed by atoms with Gasteiger partial charge in [-0.3, -0.25) is 4.90 Å². The molecule has 0 saturated heterocycles. The molecule has 4 rings (SSSR count). The second kappa shape index (κ2) is 5.79. The molecule has 1 fully saturated rings. The number of hydrogen-bond acceptors (Lipinski definition) is 1. The van der Waals surface area contributed by atoms with E-state index in [1.165, 1.54) is 42.4 Å². The Labute approximate surface area is 140 Å². The van der Waals surface area contributed by atoms with Crippen LogP contribution in [-0.4, -0.2) is 18.0 Å². The van der Waals surface area contributed by atoms with E-state index in [0.717, 1.165) is 6.04 Å². The van der Waals surface area contributed by atoms with Crippen LogP contribution in [0.3, 0.4) is 0 Å². The molecule has 2 aromatic carbocycles. The van der Waals surface area contributed by atoms with Gasteiger partial charge in [0.15, 0.2) is 0 Å². The maximum Gasteiger partial charge on any atom is 0.0351 e. The van der Waals surface area contributed by atoms with E-state index < -0.39 is 0 Å². The van der Waals surface area contributed by atoms with Crippen molar-refractivity contribution >= 4 is 0 Å². The lowest BCUT2D eigenvalue weighted by Gasteiger charge is -2.37. The highest BCUT2D eigenvalue weighted by Gasteiger charge is 2.36. The van der Waals surface area contributed by atoms with Crippen LogP contribution in [0, 0.1) is 13.8 Å². The van der Waals surface area contributed by atoms with Crippen molar-refractivity contribution in [3.8, 4) is 0 Å². The summed E-state index contributed by atoms with van der Waals surface area (Å²) >= 11 is 0. The molecule has 1 saturated carbocycles. The van der Waals surface area contributed by atoms with Crippen LogP contribution in [-0.2, 0) is 0 Å². The Morgan fingerprint density at radius 1 is 0.826 bits per heavy atom. The van der Waals surface area contributed by atoms with E-state index in [4.69, 9.17) is 0 Å². The zero-order chi connectivity index (χ0) is 16.0. The Balaban J connectivity index is 1.72. The molecule has 0 unspecified atom stereocenters. The molecule has 2 aromatic rings. The SMILES string of the molecule is Cc1ccc([C@@H]2CC[C@H](N(C)C3CC3)c3ccccc32)cc1C. The minimum atomic E-state index is 0.564. The van der Waals surface area contributed by atoms with Crippen molar-refractivity contribution in [2.45, 2.75) is 57.5 Å². The third kappa shape index (κ3) is 2.72. The van der Waals surface area contributed by atoms with Gasteiger partial charge in [0.05, 0.1) is 0 Å². The number of aryl methyl sites for hydroxylation is 2. The minimum Gasteiger partial charge on any atom is -0.296 e. The summed E-state index contributed by atoms with van der Waals surface area (Å²) < 4.78 is 0. The normalized spacial score (nSPS) is 23.8. The zero-order valence-electron chi connectivity index (χ0n) is 14.5. The molecule has 120 valence electrons. The van der Waals surface area contributed by atoms with Gasteiger partial charge in [0, 0.05) is 18.0 Å². The van der Waals surface area contributed by atoms with Crippen LogP contribution >= 0.6 is 0 Å². The molecule has 2 aliphatic carbocycles. The van der Waals surface area contributed by atoms with Gasteiger partial charge < -0.3 is 0 Å². The third-order valence-electron chi connectivity index (χ3n) is 6.01. The lowest BCUT2D eigenvalue weighted by molar-refractivity contribution is 0.208. The molecule has 1 nitrogen and oxygen atoms in total. The van der Waals surface area contributed by atoms with Crippen molar-refractivity contribution in [3.05, 3.63) is 70.3 Å². The Morgan fingerprint density at radius 3 is 2.26 bits per heavy atom. The lowest BCUT2D eigenvalue weighted by Crippen LogP contribution is -2.30. The molecule has 1 heteroatoms. The fourth-order valence-corrected chi connectivity index (χ4v) is 4.25. The van der Waals surface area contributed by atoms with Crippen LogP contribution in [0.5, 0.6) is 0 Å². The van der Waals surface area contributed by atoms with E-state index in [-0.39, 0.29) is 0 Å². The quantitative estimate of drug-likeness (QED) is 0.737. The summed E-state index contributed by atoms with van der Waals surface area (Å²) in [4.78, 5) is 2.63. The van der Waals surface area contributed by atoms with Crippen LogP contribution in [0.1, 0.15) is 65.5 Å². The first-order valence-corrected chi connectivity index (χ1v) is 9.03. The smallest absolute Gasteiger partial charge is 0.0351 e. The summed E-state index contributed by atoms with van der Waals surface area (Å²) in [5.74, 6) is 0.564. The van der Waals surface area contributed by atoms with Crippen LogP contribution in [0.15, 0.2) is 42.5 Å². The van der Waals surface area contributed by atoms with E-state index in [0.29, 0.717) is 12.0 Å². The molecule has 0 radical (unpaired) electrons. The topological polar surface area (TPSA) is 3.24 Å². The zero-order valence-corrected chi connectivity index (χ0v) is 14.5. The van der Waals surface area contributed by atoms with Gasteiger partial charge in [-0.05, 0) is 74.4 Å². The molecule has 0 aliphatic heterocycles. The summed E-state index contributed by atoms with van der Waals surface area (Å²) in [5.41, 5.74) is 7.42. The standard InChI is InChI=1S/C22H27N/c1-15-8-9-17(14-16(15)2)19-12-13-22(23(3)18-10-11-18)21-7-5-4-6-20(19)21/h4-9,14,18-19,22H,10-13H2,1-3H3/t19-,22-/m0/s1. The first-order chi connectivity index (χ1) is 11.1. The first-order valence-electron chi connectivity index (χ1n) is 9.03. The fourth-order valence-electron chi connectivity index (χ4n) is 4.25. The van der Waals surface area contributed by atoms with E-state index in [2.05, 4.69) is 68.3 Å². The second-order valence-electron chi connectivity index (χ2n) is 7.51. The predicted molar refractivity (Wildman–Crippen MR) is 97.0 cm³/mol. The fraction of sp³-hybridized carbons (Fsp3) is 0.455. The second-order valence-corrected chi connectivity index (χ2v) is 7.51. The summed E-state index contributed by atoms with van der Waals surface area (Å²) in [6.07, 6.45) is 5.31. The Kier molecular flexibility index (Phi) is 3.77. The average molecular weight is 305 g/mol. The van der Waals surface area contributed by atoms with Crippen molar-refractivity contribution in [3.63, 3.8) is 0 Å². The van der Waals surface area contributed by atoms with Gasteiger partial charge >= 0.3 is 0 Å². The summed E-state index contributed by atoms with van der Waals surface area (Å²) in [5, 5.41) is 0. The van der Waals surface area contributed by atoms with Crippen LogP contribution < -0.4 is 0 Å². The molecule has 23 heavy (non-hydrogen) atoms. The van der Waals surface area contributed by atoms with Crippen molar-refractivity contribution in [1.29, 1.82) is 0 Å². The van der Waals surface area contributed by atoms with E-state index in [9.17, 15) is 0 Å². The highest BCUT2D eigenvalue weighted by atomic mass is 15.2. The van der Waals surface area contributed by atoms with Gasteiger partial charge in [0.2, 0.25) is 0 Å². The Hall–Kier alpha value is -1.60. The van der Waals surface area contributed by atoms with Crippen molar-refractivity contribution in [2.24, 2.45) is 0 Å². The molecule has 2 atom stereocenters. The molecule has 0 aromatic heterocycles. The molecular weight excluding hydrogens is 278 g/mol. The number of fused-ring (bicyclic) bond motifs is 1. The average Bonchev–Trinajstić information content (AvgIpc) is 3.41. The summed E-state index contributed by atoms with van der Waals surface area (Å²) in [6.45, 7) is 4.44. The molecule has 0 spiro atoms. The van der Waals surface area contributed by atoms with Gasteiger partial charge in [0.1, 0.15) is 0 Å². The van der Waals surface area contributed by atoms with E-state index >= 15 is 0 Å². The summed E-state index contributed by atoms with van der Waals surface area (Å²) in [6, 6.07) is 17.6. The number of hydrogen-bond donors (Lipinski definition) is 0. The van der Waals surface area contributed by atoms with Gasteiger partial charge in [-0.25, -0.2) is 0 Å².